The van der Waals surface area contributed by atoms with Crippen LogP contribution in [0.25, 0.3) is 0 Å². The molecule has 16 heteroatoms. The van der Waals surface area contributed by atoms with Gasteiger partial charge in [-0.3, -0.25) is 19.2 Å². The summed E-state index contributed by atoms with van der Waals surface area (Å²) in [5.74, 6) is 0.690. The molecule has 10 N–H and O–H groups in total. The molecular weight excluding hydrogens is 661 g/mol. The Hall–Kier alpha value is -4.98. The predicted molar refractivity (Wildman–Crippen MR) is 177 cm³/mol. The number of unbranched alkanes of at least 4 members (excludes halogenated alkanes) is 1. The normalized spacial score (nSPS) is 15.4. The second kappa shape index (κ2) is 19.9. The second-order valence-electron chi connectivity index (χ2n) is 11.7. The first-order valence-electron chi connectivity index (χ1n) is 15.8. The summed E-state index contributed by atoms with van der Waals surface area (Å²) < 4.78 is 31.7. The van der Waals surface area contributed by atoms with Gasteiger partial charge in [-0.25, -0.2) is 4.79 Å². The number of carboxylic acid groups (broad SMARTS) is 2. The number of carbonyl (C=O) groups excluding carboxylic acids is 3. The third-order valence-corrected chi connectivity index (χ3v) is 7.78. The summed E-state index contributed by atoms with van der Waals surface area (Å²) >= 11 is 0. The van der Waals surface area contributed by atoms with E-state index < -0.39 is 53.6 Å². The van der Waals surface area contributed by atoms with E-state index in [0.29, 0.717) is 25.8 Å². The number of nitrogens with zero attached hydrogens (tertiary/aromatic N) is 1. The molecule has 0 spiro atoms. The van der Waals surface area contributed by atoms with Gasteiger partial charge in [-0.15, -0.1) is 0 Å². The number of piperidine rings is 1. The van der Waals surface area contributed by atoms with Gasteiger partial charge in [-0.05, 0) is 62.8 Å². The maximum absolute atomic E-state index is 13.6. The molecule has 2 aromatic carbocycles. The number of aliphatic carboxylic acids is 2. The van der Waals surface area contributed by atoms with Gasteiger partial charge in [-0.2, -0.15) is 13.2 Å². The van der Waals surface area contributed by atoms with E-state index in [9.17, 15) is 37.5 Å². The first-order valence-corrected chi connectivity index (χ1v) is 15.8. The summed E-state index contributed by atoms with van der Waals surface area (Å²) in [5, 5.41) is 22.1. The SMILES string of the molecule is NCCCC[C@@H](NC(=O)[C@@H](CC#Cc1ccccc1)NC(=O)[C@H](N)Cc1ccccc1)C(=O)N1CCC(N)(C(=O)O)CC1.O=C(O)C(F)(F)F. The predicted octanol–water partition coefficient (Wildman–Crippen LogP) is 1.13. The number of nitrogens with one attached hydrogen (secondary N) is 2. The fourth-order valence-electron chi connectivity index (χ4n) is 4.81. The van der Waals surface area contributed by atoms with Crippen LogP contribution < -0.4 is 27.8 Å². The molecule has 0 aromatic heterocycles. The molecule has 2 aromatic rings. The Morgan fingerprint density at radius 1 is 0.880 bits per heavy atom. The van der Waals surface area contributed by atoms with Crippen molar-refractivity contribution in [3.8, 4) is 11.8 Å². The molecule has 13 nitrogen and oxygen atoms in total. The van der Waals surface area contributed by atoms with Crippen molar-refractivity contribution in [2.24, 2.45) is 17.2 Å². The van der Waals surface area contributed by atoms with E-state index in [1.165, 1.54) is 4.90 Å². The average molecular weight is 705 g/mol. The Kier molecular flexibility index (Phi) is 16.4. The topological polar surface area (TPSA) is 231 Å². The molecule has 1 aliphatic rings. The van der Waals surface area contributed by atoms with Crippen molar-refractivity contribution < 1.29 is 47.4 Å². The number of hydrogen-bond acceptors (Lipinski definition) is 8. The zero-order chi connectivity index (χ0) is 37.3. The van der Waals surface area contributed by atoms with E-state index in [0.717, 1.165) is 11.1 Å². The van der Waals surface area contributed by atoms with Crippen LogP contribution in [0.2, 0.25) is 0 Å². The van der Waals surface area contributed by atoms with Crippen LogP contribution >= 0.6 is 0 Å². The van der Waals surface area contributed by atoms with Gasteiger partial charge in [0, 0.05) is 25.1 Å². The Morgan fingerprint density at radius 3 is 1.94 bits per heavy atom. The van der Waals surface area contributed by atoms with E-state index >= 15 is 0 Å². The van der Waals surface area contributed by atoms with Crippen LogP contribution in [-0.4, -0.2) is 94.2 Å². The lowest BCUT2D eigenvalue weighted by atomic mass is 9.88. The van der Waals surface area contributed by atoms with E-state index in [1.54, 1.807) is 0 Å². The zero-order valence-electron chi connectivity index (χ0n) is 27.3. The molecule has 1 heterocycles. The molecule has 0 aliphatic carbocycles. The van der Waals surface area contributed by atoms with Gasteiger partial charge in [0.25, 0.3) is 0 Å². The standard InChI is InChI=1S/C32H42N6O5.C2HF3O2/c33-19-8-7-15-27(30(41)38-20-17-32(35,18-21-38)31(42)43)37-29(40)26(16-9-14-23-10-3-1-4-11-23)36-28(39)25(34)22-24-12-5-2-6-13-24;3-2(4,5)1(6)7/h1-6,10-13,25-27H,7-8,15-22,33-35H2,(H,36,39)(H,37,40)(H,42,43);(H,6,7)/t25-,26-,27-;/m1./s1. The lowest BCUT2D eigenvalue weighted by molar-refractivity contribution is -0.192. The molecule has 1 aliphatic heterocycles. The van der Waals surface area contributed by atoms with Crippen molar-refractivity contribution in [2.45, 2.75) is 74.8 Å². The highest BCUT2D eigenvalue weighted by Crippen LogP contribution is 2.21. The monoisotopic (exact) mass is 704 g/mol. The van der Waals surface area contributed by atoms with Crippen molar-refractivity contribution in [2.75, 3.05) is 19.6 Å². The maximum Gasteiger partial charge on any atom is 0.490 e. The van der Waals surface area contributed by atoms with Gasteiger partial charge in [-0.1, -0.05) is 60.4 Å². The summed E-state index contributed by atoms with van der Waals surface area (Å²) in [4.78, 5) is 62.2. The van der Waals surface area contributed by atoms with Gasteiger partial charge in [0.05, 0.1) is 6.04 Å². The highest BCUT2D eigenvalue weighted by molar-refractivity contribution is 5.93. The highest BCUT2D eigenvalue weighted by atomic mass is 19.4. The van der Waals surface area contributed by atoms with Crippen molar-refractivity contribution in [1.82, 2.24) is 15.5 Å². The molecule has 0 unspecified atom stereocenters. The summed E-state index contributed by atoms with van der Waals surface area (Å²) in [6, 6.07) is 15.7. The molecule has 272 valence electrons. The molecule has 0 saturated carbocycles. The summed E-state index contributed by atoms with van der Waals surface area (Å²) in [5.41, 5.74) is 18.1. The third kappa shape index (κ3) is 13.9. The number of carbonyl (C=O) groups is 5. The van der Waals surface area contributed by atoms with Crippen LogP contribution in [0.5, 0.6) is 0 Å². The second-order valence-corrected chi connectivity index (χ2v) is 11.7. The Balaban J connectivity index is 0.00000112. The van der Waals surface area contributed by atoms with Crippen molar-refractivity contribution in [3.05, 3.63) is 71.8 Å². The molecule has 3 rings (SSSR count). The van der Waals surface area contributed by atoms with Gasteiger partial charge in [0.15, 0.2) is 0 Å². The number of amides is 3. The van der Waals surface area contributed by atoms with Crippen LogP contribution in [0, 0.1) is 11.8 Å². The molecule has 3 amide bonds. The quantitative estimate of drug-likeness (QED) is 0.116. The van der Waals surface area contributed by atoms with Crippen LogP contribution in [0.1, 0.15) is 49.7 Å². The van der Waals surface area contributed by atoms with Gasteiger partial charge < -0.3 is 42.9 Å². The number of hydrogen-bond donors (Lipinski definition) is 7. The van der Waals surface area contributed by atoms with E-state index in [4.69, 9.17) is 27.1 Å². The summed E-state index contributed by atoms with van der Waals surface area (Å²) in [6.45, 7) is 0.740. The van der Waals surface area contributed by atoms with Crippen LogP contribution in [0.3, 0.4) is 0 Å². The van der Waals surface area contributed by atoms with Gasteiger partial charge >= 0.3 is 18.1 Å². The Morgan fingerprint density at radius 2 is 1.42 bits per heavy atom. The van der Waals surface area contributed by atoms with Crippen molar-refractivity contribution in [1.29, 1.82) is 0 Å². The molecule has 3 atom stereocenters. The number of rotatable bonds is 13. The first-order chi connectivity index (χ1) is 23.6. The minimum atomic E-state index is -5.08. The number of benzene rings is 2. The Labute approximate surface area is 287 Å². The smallest absolute Gasteiger partial charge is 0.480 e. The molecule has 0 bridgehead atoms. The third-order valence-electron chi connectivity index (χ3n) is 7.78. The molecule has 50 heavy (non-hydrogen) atoms. The zero-order valence-corrected chi connectivity index (χ0v) is 27.3. The van der Waals surface area contributed by atoms with Crippen molar-refractivity contribution >= 4 is 29.7 Å². The lowest BCUT2D eigenvalue weighted by Crippen LogP contribution is -2.60. The fraction of sp³-hybridized carbons (Fsp3) is 0.441. The van der Waals surface area contributed by atoms with Crippen LogP contribution in [-0.2, 0) is 30.4 Å². The molecule has 1 saturated heterocycles. The minimum absolute atomic E-state index is 0.00768. The summed E-state index contributed by atoms with van der Waals surface area (Å²) in [7, 11) is 0. The van der Waals surface area contributed by atoms with Gasteiger partial charge in [0.2, 0.25) is 17.7 Å². The first kappa shape index (κ1) is 41.2. The largest absolute Gasteiger partial charge is 0.490 e. The lowest BCUT2D eigenvalue weighted by Gasteiger charge is -2.38. The maximum atomic E-state index is 13.6. The number of likely N-dealkylation sites (tertiary alicyclic amines) is 1. The van der Waals surface area contributed by atoms with Crippen LogP contribution in [0.4, 0.5) is 13.2 Å². The average Bonchev–Trinajstić information content (AvgIpc) is 3.08. The summed E-state index contributed by atoms with van der Waals surface area (Å²) in [6.07, 6.45) is -3.04. The van der Waals surface area contributed by atoms with E-state index in [1.807, 2.05) is 60.7 Å². The molecule has 0 radical (unpaired) electrons. The Bertz CT molecular complexity index is 1490. The fourth-order valence-corrected chi connectivity index (χ4v) is 4.81. The molecular formula is C34H43F3N6O7. The number of nitrogens with two attached hydrogens (primary N) is 3. The minimum Gasteiger partial charge on any atom is -0.480 e. The number of alkyl halides is 3. The van der Waals surface area contributed by atoms with Crippen molar-refractivity contribution in [3.63, 3.8) is 0 Å². The van der Waals surface area contributed by atoms with Crippen LogP contribution in [0.15, 0.2) is 60.7 Å². The van der Waals surface area contributed by atoms with E-state index in [2.05, 4.69) is 22.5 Å². The molecule has 1 fully saturated rings. The number of halogens is 3. The van der Waals surface area contributed by atoms with E-state index in [-0.39, 0.29) is 44.7 Å². The number of carboxylic acids is 2. The highest BCUT2D eigenvalue weighted by Gasteiger charge is 2.40. The van der Waals surface area contributed by atoms with Gasteiger partial charge in [0.1, 0.15) is 17.6 Å².